The number of thiophene rings is 1. The van der Waals surface area contributed by atoms with Crippen molar-refractivity contribution >= 4 is 27.0 Å². The van der Waals surface area contributed by atoms with Crippen LogP contribution in [0, 0.1) is 5.82 Å². The lowest BCUT2D eigenvalue weighted by Gasteiger charge is -2.08. The van der Waals surface area contributed by atoms with Crippen LogP contribution in [0.2, 0.25) is 0 Å². The second-order valence-corrected chi connectivity index (χ2v) is 8.28. The number of aromatic nitrogens is 2. The summed E-state index contributed by atoms with van der Waals surface area (Å²) in [5.74, 6) is -0.644. The molecule has 0 fully saturated rings. The van der Waals surface area contributed by atoms with Gasteiger partial charge >= 0.3 is 0 Å². The number of hydrogen-bond donors (Lipinski definition) is 1. The predicted molar refractivity (Wildman–Crippen MR) is 104 cm³/mol. The van der Waals surface area contributed by atoms with Gasteiger partial charge < -0.3 is 0 Å². The molecule has 8 heteroatoms. The number of sulfonamides is 1. The average molecular weight is 399 g/mol. The van der Waals surface area contributed by atoms with Gasteiger partial charge in [-0.1, -0.05) is 36.4 Å². The molecule has 0 atom stereocenters. The van der Waals surface area contributed by atoms with Gasteiger partial charge in [0.2, 0.25) is 0 Å². The van der Waals surface area contributed by atoms with Gasteiger partial charge in [0.15, 0.2) is 0 Å². The normalized spacial score (nSPS) is 11.4. The lowest BCUT2D eigenvalue weighted by molar-refractivity contribution is 0.599. The molecule has 0 aliphatic rings. The molecule has 0 aliphatic carbocycles. The molecule has 0 aliphatic heterocycles. The Bertz CT molecular complexity index is 1170. The number of para-hydroxylation sites is 2. The highest BCUT2D eigenvalue weighted by molar-refractivity contribution is 7.92. The molecule has 5 nitrogen and oxygen atoms in total. The molecule has 2 heterocycles. The molecular formula is C19H14FN3O2S2. The quantitative estimate of drug-likeness (QED) is 0.536. The number of halogens is 1. The average Bonchev–Trinajstić information content (AvgIpc) is 3.34. The van der Waals surface area contributed by atoms with Crippen LogP contribution in [0.15, 0.2) is 83.2 Å². The van der Waals surface area contributed by atoms with Crippen molar-refractivity contribution in [2.24, 2.45) is 0 Å². The van der Waals surface area contributed by atoms with Crippen LogP contribution in [0.25, 0.3) is 16.3 Å². The molecule has 0 saturated carbocycles. The first-order chi connectivity index (χ1) is 13.0. The van der Waals surface area contributed by atoms with E-state index in [9.17, 15) is 12.8 Å². The van der Waals surface area contributed by atoms with E-state index in [1.807, 2.05) is 41.8 Å². The van der Waals surface area contributed by atoms with E-state index < -0.39 is 15.8 Å². The van der Waals surface area contributed by atoms with Gasteiger partial charge in [-0.3, -0.25) is 4.72 Å². The number of anilines is 1. The third-order valence-corrected chi connectivity index (χ3v) is 6.11. The molecule has 2 aromatic carbocycles. The Kier molecular flexibility index (Phi) is 4.51. The lowest BCUT2D eigenvalue weighted by Crippen LogP contribution is -2.14. The van der Waals surface area contributed by atoms with Crippen molar-refractivity contribution in [1.29, 1.82) is 0 Å². The number of nitrogens with zero attached hydrogens (tertiary/aromatic N) is 2. The second-order valence-electron chi connectivity index (χ2n) is 5.68. The summed E-state index contributed by atoms with van der Waals surface area (Å²) < 4.78 is 43.7. The molecule has 1 N–H and O–H groups in total. The predicted octanol–water partition coefficient (Wildman–Crippen LogP) is 4.54. The van der Waals surface area contributed by atoms with Crippen molar-refractivity contribution in [2.45, 2.75) is 4.90 Å². The summed E-state index contributed by atoms with van der Waals surface area (Å²) in [6.07, 6.45) is 1.44. The van der Waals surface area contributed by atoms with Crippen LogP contribution in [0.5, 0.6) is 0 Å². The highest BCUT2D eigenvalue weighted by atomic mass is 32.2. The largest absolute Gasteiger partial charge is 0.277 e. The molecule has 136 valence electrons. The maximum Gasteiger partial charge on any atom is 0.265 e. The highest BCUT2D eigenvalue weighted by Gasteiger charge is 2.25. The van der Waals surface area contributed by atoms with E-state index in [1.54, 1.807) is 12.1 Å². The minimum absolute atomic E-state index is 0.0166. The van der Waals surface area contributed by atoms with E-state index in [0.717, 1.165) is 5.69 Å². The van der Waals surface area contributed by atoms with Crippen LogP contribution in [0.4, 0.5) is 10.1 Å². The number of benzene rings is 2. The van der Waals surface area contributed by atoms with Gasteiger partial charge in [0.1, 0.15) is 16.4 Å². The van der Waals surface area contributed by atoms with E-state index in [-0.39, 0.29) is 10.6 Å². The van der Waals surface area contributed by atoms with Crippen LogP contribution in [0.1, 0.15) is 0 Å². The Morgan fingerprint density at radius 2 is 1.70 bits per heavy atom. The Morgan fingerprint density at radius 1 is 0.963 bits per heavy atom. The zero-order chi connectivity index (χ0) is 18.9. The van der Waals surface area contributed by atoms with Crippen LogP contribution < -0.4 is 4.72 Å². The molecule has 0 spiro atoms. The smallest absolute Gasteiger partial charge is 0.265 e. The minimum atomic E-state index is -4.05. The van der Waals surface area contributed by atoms with Crippen molar-refractivity contribution in [3.63, 3.8) is 0 Å². The standard InChI is InChI=1S/C19H14FN3O2S2/c20-15-9-4-5-10-16(15)22-27(24,25)18-13-23(14-7-2-1-3-8-14)21-19(18)17-11-6-12-26-17/h1-13,22H. The fourth-order valence-electron chi connectivity index (χ4n) is 2.60. The van der Waals surface area contributed by atoms with Gasteiger partial charge in [0.05, 0.1) is 22.4 Å². The minimum Gasteiger partial charge on any atom is -0.277 e. The Hall–Kier alpha value is -2.97. The molecule has 0 radical (unpaired) electrons. The third kappa shape index (κ3) is 3.49. The molecule has 4 aromatic rings. The lowest BCUT2D eigenvalue weighted by atomic mass is 10.3. The molecule has 0 bridgehead atoms. The Labute approximate surface area is 159 Å². The van der Waals surface area contributed by atoms with Gasteiger partial charge in [0, 0.05) is 0 Å². The topological polar surface area (TPSA) is 64.0 Å². The van der Waals surface area contributed by atoms with Crippen molar-refractivity contribution in [3.05, 3.63) is 84.1 Å². The summed E-state index contributed by atoms with van der Waals surface area (Å²) in [6.45, 7) is 0. The van der Waals surface area contributed by atoms with E-state index in [0.29, 0.717) is 10.6 Å². The number of rotatable bonds is 5. The summed E-state index contributed by atoms with van der Waals surface area (Å²) in [7, 11) is -4.05. The molecule has 2 aromatic heterocycles. The fourth-order valence-corrected chi connectivity index (χ4v) is 4.59. The molecule has 0 unspecified atom stereocenters. The van der Waals surface area contributed by atoms with Gasteiger partial charge in [-0.15, -0.1) is 11.3 Å². The second kappa shape index (κ2) is 6.98. The molecular weight excluding hydrogens is 385 g/mol. The number of nitrogens with one attached hydrogen (secondary N) is 1. The maximum atomic E-state index is 13.9. The first-order valence-electron chi connectivity index (χ1n) is 8.01. The monoisotopic (exact) mass is 399 g/mol. The van der Waals surface area contributed by atoms with E-state index >= 15 is 0 Å². The summed E-state index contributed by atoms with van der Waals surface area (Å²) in [5, 5.41) is 6.31. The van der Waals surface area contributed by atoms with Crippen molar-refractivity contribution in [1.82, 2.24) is 9.78 Å². The van der Waals surface area contributed by atoms with E-state index in [2.05, 4.69) is 9.82 Å². The van der Waals surface area contributed by atoms with Gasteiger partial charge in [-0.05, 0) is 35.7 Å². The summed E-state index contributed by atoms with van der Waals surface area (Å²) >= 11 is 1.38. The zero-order valence-corrected chi connectivity index (χ0v) is 15.5. The SMILES string of the molecule is O=S(=O)(Nc1ccccc1F)c1cn(-c2ccccc2)nc1-c1cccs1. The Balaban J connectivity index is 1.83. The summed E-state index contributed by atoms with van der Waals surface area (Å²) in [6, 6.07) is 18.5. The molecule has 4 rings (SSSR count). The van der Waals surface area contributed by atoms with Crippen molar-refractivity contribution in [3.8, 4) is 16.3 Å². The third-order valence-electron chi connectivity index (χ3n) is 3.86. The van der Waals surface area contributed by atoms with Crippen molar-refractivity contribution < 1.29 is 12.8 Å². The highest BCUT2D eigenvalue weighted by Crippen LogP contribution is 2.32. The van der Waals surface area contributed by atoms with Gasteiger partial charge in [0.25, 0.3) is 10.0 Å². The Morgan fingerprint density at radius 3 is 2.41 bits per heavy atom. The molecule has 27 heavy (non-hydrogen) atoms. The maximum absolute atomic E-state index is 13.9. The van der Waals surface area contributed by atoms with Crippen LogP contribution >= 0.6 is 11.3 Å². The van der Waals surface area contributed by atoms with Gasteiger partial charge in [-0.25, -0.2) is 17.5 Å². The number of hydrogen-bond acceptors (Lipinski definition) is 4. The zero-order valence-electron chi connectivity index (χ0n) is 13.9. The summed E-state index contributed by atoms with van der Waals surface area (Å²) in [4.78, 5) is 0.690. The summed E-state index contributed by atoms with van der Waals surface area (Å²) in [5.41, 5.74) is 0.933. The van der Waals surface area contributed by atoms with E-state index in [1.165, 1.54) is 40.4 Å². The first-order valence-corrected chi connectivity index (χ1v) is 10.4. The van der Waals surface area contributed by atoms with Crippen LogP contribution in [-0.2, 0) is 10.0 Å². The molecule has 0 saturated heterocycles. The van der Waals surface area contributed by atoms with Crippen molar-refractivity contribution in [2.75, 3.05) is 4.72 Å². The first kappa shape index (κ1) is 17.4. The van der Waals surface area contributed by atoms with Crippen LogP contribution in [-0.4, -0.2) is 18.2 Å². The fraction of sp³-hybridized carbons (Fsp3) is 0. The van der Waals surface area contributed by atoms with E-state index in [4.69, 9.17) is 0 Å². The van der Waals surface area contributed by atoms with Crippen LogP contribution in [0.3, 0.4) is 0 Å². The molecule has 0 amide bonds. The van der Waals surface area contributed by atoms with Gasteiger partial charge in [-0.2, -0.15) is 5.10 Å².